The first-order valence-electron chi connectivity index (χ1n) is 6.02. The molecule has 1 atom stereocenters. The van der Waals surface area contributed by atoms with Gasteiger partial charge in [-0.05, 0) is 42.7 Å². The van der Waals surface area contributed by atoms with Crippen LogP contribution in [0, 0.1) is 13.8 Å². The summed E-state index contributed by atoms with van der Waals surface area (Å²) >= 11 is 0. The topological polar surface area (TPSA) is 59.1 Å². The average Bonchev–Trinajstić information content (AvgIpc) is 2.28. The highest BCUT2D eigenvalue weighted by atomic mass is 16.3. The Morgan fingerprint density at radius 1 is 1.22 bits per heavy atom. The average molecular weight is 242 g/mol. The predicted molar refractivity (Wildman–Crippen MR) is 73.2 cm³/mol. The third-order valence-corrected chi connectivity index (χ3v) is 3.06. The lowest BCUT2D eigenvalue weighted by molar-refractivity contribution is 0.177. The van der Waals surface area contributed by atoms with E-state index in [1.54, 1.807) is 12.3 Å². The van der Waals surface area contributed by atoms with Crippen molar-refractivity contribution in [2.24, 2.45) is 0 Å². The minimum atomic E-state index is -0.507. The quantitative estimate of drug-likeness (QED) is 0.869. The van der Waals surface area contributed by atoms with Crippen LogP contribution in [0.3, 0.4) is 0 Å². The molecular weight excluding hydrogens is 224 g/mol. The number of nitrogen functional groups attached to an aromatic ring is 1. The van der Waals surface area contributed by atoms with E-state index < -0.39 is 6.10 Å². The fraction of sp³-hybridized carbons (Fsp3) is 0.267. The maximum Gasteiger partial charge on any atom is 0.123 e. The van der Waals surface area contributed by atoms with E-state index in [0.717, 1.165) is 16.7 Å². The molecule has 1 unspecified atom stereocenters. The molecule has 0 bridgehead atoms. The molecule has 3 nitrogen and oxygen atoms in total. The number of aryl methyl sites for hydroxylation is 2. The number of aliphatic hydroxyl groups is 1. The lowest BCUT2D eigenvalue weighted by Crippen LogP contribution is -2.05. The number of hydrogen-bond donors (Lipinski definition) is 2. The molecule has 94 valence electrons. The van der Waals surface area contributed by atoms with Crippen LogP contribution in [0.1, 0.15) is 28.4 Å². The number of aliphatic hydroxyl groups excluding tert-OH is 1. The van der Waals surface area contributed by atoms with Crippen LogP contribution in [0.25, 0.3) is 0 Å². The Labute approximate surface area is 107 Å². The van der Waals surface area contributed by atoms with E-state index in [9.17, 15) is 5.11 Å². The van der Waals surface area contributed by atoms with Crippen LogP contribution in [0.5, 0.6) is 0 Å². The Morgan fingerprint density at radius 2 is 2.00 bits per heavy atom. The van der Waals surface area contributed by atoms with E-state index in [1.165, 1.54) is 5.56 Å². The van der Waals surface area contributed by atoms with Crippen molar-refractivity contribution >= 4 is 5.82 Å². The van der Waals surface area contributed by atoms with Crippen LogP contribution in [0.4, 0.5) is 5.82 Å². The van der Waals surface area contributed by atoms with Crippen LogP contribution in [-0.2, 0) is 6.42 Å². The van der Waals surface area contributed by atoms with Gasteiger partial charge < -0.3 is 10.8 Å². The summed E-state index contributed by atoms with van der Waals surface area (Å²) in [7, 11) is 0. The number of benzene rings is 1. The van der Waals surface area contributed by atoms with E-state index in [-0.39, 0.29) is 0 Å². The lowest BCUT2D eigenvalue weighted by Gasteiger charge is -2.14. The summed E-state index contributed by atoms with van der Waals surface area (Å²) in [6.45, 7) is 4.07. The third-order valence-electron chi connectivity index (χ3n) is 3.06. The zero-order valence-electron chi connectivity index (χ0n) is 10.7. The highest BCUT2D eigenvalue weighted by Gasteiger charge is 2.11. The van der Waals surface area contributed by atoms with Gasteiger partial charge in [-0.2, -0.15) is 0 Å². The van der Waals surface area contributed by atoms with Crippen molar-refractivity contribution in [3.05, 3.63) is 58.8 Å². The molecule has 0 amide bonds. The molecule has 0 radical (unpaired) electrons. The molecule has 0 aliphatic heterocycles. The van der Waals surface area contributed by atoms with E-state index in [1.807, 2.05) is 32.0 Å². The number of nitrogens with two attached hydrogens (primary N) is 1. The van der Waals surface area contributed by atoms with Crippen LogP contribution >= 0.6 is 0 Å². The Morgan fingerprint density at radius 3 is 2.67 bits per heavy atom. The van der Waals surface area contributed by atoms with Crippen LogP contribution in [-0.4, -0.2) is 10.1 Å². The highest BCUT2D eigenvalue weighted by molar-refractivity contribution is 5.35. The Balaban J connectivity index is 2.19. The van der Waals surface area contributed by atoms with Gasteiger partial charge in [-0.1, -0.05) is 23.8 Å². The van der Waals surface area contributed by atoms with E-state index in [2.05, 4.69) is 11.1 Å². The van der Waals surface area contributed by atoms with Gasteiger partial charge in [-0.3, -0.25) is 0 Å². The third kappa shape index (κ3) is 2.87. The monoisotopic (exact) mass is 242 g/mol. The van der Waals surface area contributed by atoms with Crippen molar-refractivity contribution in [3.63, 3.8) is 0 Å². The van der Waals surface area contributed by atoms with Crippen molar-refractivity contribution in [1.82, 2.24) is 4.98 Å². The van der Waals surface area contributed by atoms with Crippen molar-refractivity contribution in [2.75, 3.05) is 5.73 Å². The molecular formula is C15H18N2O. The Bertz CT molecular complexity index is 552. The highest BCUT2D eigenvalue weighted by Crippen LogP contribution is 2.22. The number of anilines is 1. The van der Waals surface area contributed by atoms with Crippen LogP contribution < -0.4 is 5.73 Å². The van der Waals surface area contributed by atoms with Gasteiger partial charge in [0.25, 0.3) is 0 Å². The van der Waals surface area contributed by atoms with Gasteiger partial charge in [0, 0.05) is 12.6 Å². The van der Waals surface area contributed by atoms with Crippen LogP contribution in [0.15, 0.2) is 36.5 Å². The maximum atomic E-state index is 10.3. The molecule has 0 aliphatic carbocycles. The minimum absolute atomic E-state index is 0.486. The summed E-state index contributed by atoms with van der Waals surface area (Å²) in [6.07, 6.45) is 1.71. The van der Waals surface area contributed by atoms with Crippen molar-refractivity contribution in [3.8, 4) is 0 Å². The second kappa shape index (κ2) is 5.19. The van der Waals surface area contributed by atoms with Crippen molar-refractivity contribution in [1.29, 1.82) is 0 Å². The smallest absolute Gasteiger partial charge is 0.123 e. The summed E-state index contributed by atoms with van der Waals surface area (Å²) in [6, 6.07) is 9.77. The summed E-state index contributed by atoms with van der Waals surface area (Å²) in [5.41, 5.74) is 9.91. The SMILES string of the molecule is Cc1ccc(C(O)Cc2ccnc(N)c2)c(C)c1. The second-order valence-corrected chi connectivity index (χ2v) is 4.67. The molecule has 0 fully saturated rings. The second-order valence-electron chi connectivity index (χ2n) is 4.67. The first kappa shape index (κ1) is 12.6. The molecule has 1 aromatic carbocycles. The molecule has 0 saturated heterocycles. The van der Waals surface area contributed by atoms with Gasteiger partial charge in [0.1, 0.15) is 5.82 Å². The first-order chi connectivity index (χ1) is 8.56. The molecule has 0 aliphatic rings. The van der Waals surface area contributed by atoms with Crippen molar-refractivity contribution in [2.45, 2.75) is 26.4 Å². The van der Waals surface area contributed by atoms with E-state index >= 15 is 0 Å². The van der Waals surface area contributed by atoms with Gasteiger partial charge in [0.2, 0.25) is 0 Å². The van der Waals surface area contributed by atoms with E-state index in [4.69, 9.17) is 5.73 Å². The molecule has 1 heterocycles. The summed E-state index contributed by atoms with van der Waals surface area (Å²) in [4.78, 5) is 3.95. The molecule has 0 spiro atoms. The fourth-order valence-electron chi connectivity index (χ4n) is 2.15. The van der Waals surface area contributed by atoms with Gasteiger partial charge >= 0.3 is 0 Å². The number of aromatic nitrogens is 1. The summed E-state index contributed by atoms with van der Waals surface area (Å²) < 4.78 is 0. The van der Waals surface area contributed by atoms with Gasteiger partial charge in [-0.25, -0.2) is 4.98 Å². The largest absolute Gasteiger partial charge is 0.388 e. The number of hydrogen-bond acceptors (Lipinski definition) is 3. The molecule has 2 aromatic rings. The van der Waals surface area contributed by atoms with Gasteiger partial charge in [0.15, 0.2) is 0 Å². The summed E-state index contributed by atoms with van der Waals surface area (Å²) in [5, 5.41) is 10.3. The molecule has 3 heteroatoms. The van der Waals surface area contributed by atoms with E-state index in [0.29, 0.717) is 12.2 Å². The molecule has 3 N–H and O–H groups in total. The number of nitrogens with zero attached hydrogens (tertiary/aromatic N) is 1. The normalized spacial score (nSPS) is 12.4. The fourth-order valence-corrected chi connectivity index (χ4v) is 2.15. The first-order valence-corrected chi connectivity index (χ1v) is 6.02. The molecule has 1 aromatic heterocycles. The predicted octanol–water partition coefficient (Wildman–Crippen LogP) is 2.56. The standard InChI is InChI=1S/C15H18N2O/c1-10-3-4-13(11(2)7-10)14(18)8-12-5-6-17-15(16)9-12/h3-7,9,14,18H,8H2,1-2H3,(H2,16,17). The number of rotatable bonds is 3. The molecule has 18 heavy (non-hydrogen) atoms. The van der Waals surface area contributed by atoms with Gasteiger partial charge in [0.05, 0.1) is 6.10 Å². The van der Waals surface area contributed by atoms with Crippen LogP contribution in [0.2, 0.25) is 0 Å². The minimum Gasteiger partial charge on any atom is -0.388 e. The molecule has 2 rings (SSSR count). The summed E-state index contributed by atoms with van der Waals surface area (Å²) in [5.74, 6) is 0.486. The lowest BCUT2D eigenvalue weighted by atomic mass is 9.97. The molecule has 0 saturated carbocycles. The Hall–Kier alpha value is -1.87. The zero-order chi connectivity index (χ0) is 13.1. The maximum absolute atomic E-state index is 10.3. The van der Waals surface area contributed by atoms with Gasteiger partial charge in [-0.15, -0.1) is 0 Å². The number of pyridine rings is 1. The Kier molecular flexibility index (Phi) is 3.63. The van der Waals surface area contributed by atoms with Crippen molar-refractivity contribution < 1.29 is 5.11 Å². The zero-order valence-corrected chi connectivity index (χ0v) is 10.7.